The minimum Gasteiger partial charge on any atom is -0.355 e. The molecule has 0 radical (unpaired) electrons. The number of hydrogen-bond donors (Lipinski definition) is 1. The van der Waals surface area contributed by atoms with Crippen molar-refractivity contribution in [2.24, 2.45) is 0 Å². The van der Waals surface area contributed by atoms with Crippen molar-refractivity contribution in [2.45, 2.75) is 71.6 Å². The van der Waals surface area contributed by atoms with Gasteiger partial charge >= 0.3 is 0 Å². The monoisotopic (exact) mass is 404 g/mol. The van der Waals surface area contributed by atoms with E-state index in [0.717, 1.165) is 47.7 Å². The number of rotatable bonds is 6. The number of nitrogens with one attached hydrogen (secondary N) is 1. The Morgan fingerprint density at radius 3 is 2.63 bits per heavy atom. The Balaban J connectivity index is 1.43. The van der Waals surface area contributed by atoms with Gasteiger partial charge in [0.1, 0.15) is 0 Å². The van der Waals surface area contributed by atoms with Crippen molar-refractivity contribution in [1.82, 2.24) is 19.9 Å². The van der Waals surface area contributed by atoms with Crippen LogP contribution in [0, 0.1) is 27.7 Å². The Morgan fingerprint density at radius 2 is 1.90 bits per heavy atom. The van der Waals surface area contributed by atoms with Gasteiger partial charge in [0.15, 0.2) is 5.65 Å². The van der Waals surface area contributed by atoms with Gasteiger partial charge in [-0.05, 0) is 58.1 Å². The Kier molecular flexibility index (Phi) is 5.63. The molecule has 5 heteroatoms. The molecule has 4 rings (SSSR count). The number of carbonyl (C=O) groups excluding carboxylic acids is 1. The lowest BCUT2D eigenvalue weighted by molar-refractivity contribution is -0.121. The van der Waals surface area contributed by atoms with E-state index in [-0.39, 0.29) is 11.3 Å². The van der Waals surface area contributed by atoms with E-state index >= 15 is 0 Å². The number of benzene rings is 1. The maximum atomic E-state index is 12.7. The van der Waals surface area contributed by atoms with E-state index in [1.165, 1.54) is 24.0 Å². The molecule has 1 saturated carbocycles. The van der Waals surface area contributed by atoms with Crippen LogP contribution in [0.5, 0.6) is 0 Å². The van der Waals surface area contributed by atoms with Crippen molar-refractivity contribution in [1.29, 1.82) is 0 Å². The molecule has 2 aromatic heterocycles. The maximum absolute atomic E-state index is 12.7. The molecule has 5 nitrogen and oxygen atoms in total. The number of hydrogen-bond acceptors (Lipinski definition) is 3. The molecular formula is C25H32N4O. The van der Waals surface area contributed by atoms with E-state index in [4.69, 9.17) is 0 Å². The first-order valence-corrected chi connectivity index (χ1v) is 11.0. The van der Waals surface area contributed by atoms with Gasteiger partial charge in [0, 0.05) is 35.8 Å². The van der Waals surface area contributed by atoms with E-state index in [1.807, 2.05) is 24.4 Å². The Hall–Kier alpha value is -2.69. The maximum Gasteiger partial charge on any atom is 0.220 e. The zero-order valence-electron chi connectivity index (χ0n) is 18.6. The van der Waals surface area contributed by atoms with Crippen LogP contribution in [-0.2, 0) is 16.6 Å². The molecule has 0 atom stereocenters. The quantitative estimate of drug-likeness (QED) is 0.657. The summed E-state index contributed by atoms with van der Waals surface area (Å²) in [6.45, 7) is 8.92. The van der Waals surface area contributed by atoms with Crippen molar-refractivity contribution in [2.75, 3.05) is 6.54 Å². The second kappa shape index (κ2) is 8.21. The predicted molar refractivity (Wildman–Crippen MR) is 120 cm³/mol. The zero-order chi connectivity index (χ0) is 21.3. The lowest BCUT2D eigenvalue weighted by Crippen LogP contribution is -2.39. The van der Waals surface area contributed by atoms with Gasteiger partial charge in [-0.15, -0.1) is 0 Å². The predicted octanol–water partition coefficient (Wildman–Crippen LogP) is 4.52. The molecule has 158 valence electrons. The molecule has 0 spiro atoms. The molecule has 30 heavy (non-hydrogen) atoms. The number of aromatic nitrogens is 3. The number of nitrogens with zero attached hydrogens (tertiary/aromatic N) is 3. The standard InChI is InChI=1S/C25H32N4O/c1-17-8-7-9-21(14-17)25(12-5-6-13-25)16-26-24(30)11-10-22-19(3)27-23-15-18(2)28-29(23)20(22)4/h7-9,14-15H,5-6,10-13,16H2,1-4H3,(H,26,30). The number of carbonyl (C=O) groups is 1. The minimum absolute atomic E-state index is 0.0839. The van der Waals surface area contributed by atoms with E-state index < -0.39 is 0 Å². The highest BCUT2D eigenvalue weighted by atomic mass is 16.1. The highest BCUT2D eigenvalue weighted by Crippen LogP contribution is 2.40. The zero-order valence-corrected chi connectivity index (χ0v) is 18.6. The summed E-state index contributed by atoms with van der Waals surface area (Å²) >= 11 is 0. The lowest BCUT2D eigenvalue weighted by atomic mass is 9.78. The summed E-state index contributed by atoms with van der Waals surface area (Å²) in [5, 5.41) is 7.79. The van der Waals surface area contributed by atoms with Crippen LogP contribution in [-0.4, -0.2) is 27.0 Å². The van der Waals surface area contributed by atoms with E-state index in [9.17, 15) is 4.79 Å². The molecule has 1 aromatic carbocycles. The normalized spacial score (nSPS) is 15.6. The smallest absolute Gasteiger partial charge is 0.220 e. The van der Waals surface area contributed by atoms with Crippen LogP contribution < -0.4 is 5.32 Å². The first kappa shape index (κ1) is 20.6. The van der Waals surface area contributed by atoms with Crippen LogP contribution in [0.25, 0.3) is 5.65 Å². The van der Waals surface area contributed by atoms with Gasteiger partial charge in [0.25, 0.3) is 0 Å². The molecule has 3 aromatic rings. The van der Waals surface area contributed by atoms with E-state index in [1.54, 1.807) is 0 Å². The summed E-state index contributed by atoms with van der Waals surface area (Å²) in [6, 6.07) is 10.8. The average Bonchev–Trinajstić information content (AvgIpc) is 3.33. The molecular weight excluding hydrogens is 372 g/mol. The van der Waals surface area contributed by atoms with Gasteiger partial charge in [-0.25, -0.2) is 9.50 Å². The first-order chi connectivity index (χ1) is 14.4. The molecule has 1 N–H and O–H groups in total. The highest BCUT2D eigenvalue weighted by Gasteiger charge is 2.35. The third-order valence-electron chi connectivity index (χ3n) is 6.70. The molecule has 0 unspecified atom stereocenters. The fraction of sp³-hybridized carbons (Fsp3) is 0.480. The summed E-state index contributed by atoms with van der Waals surface area (Å²) in [6.07, 6.45) is 5.92. The van der Waals surface area contributed by atoms with Crippen LogP contribution in [0.3, 0.4) is 0 Å². The first-order valence-electron chi connectivity index (χ1n) is 11.0. The van der Waals surface area contributed by atoms with Crippen molar-refractivity contribution in [3.05, 3.63) is 64.1 Å². The second-order valence-corrected chi connectivity index (χ2v) is 8.95. The van der Waals surface area contributed by atoms with Gasteiger partial charge < -0.3 is 5.32 Å². The minimum atomic E-state index is 0.0839. The molecule has 2 heterocycles. The second-order valence-electron chi connectivity index (χ2n) is 8.95. The Labute approximate surface area is 178 Å². The Morgan fingerprint density at radius 1 is 1.13 bits per heavy atom. The topological polar surface area (TPSA) is 59.3 Å². The fourth-order valence-corrected chi connectivity index (χ4v) is 4.99. The molecule has 0 bridgehead atoms. The third kappa shape index (κ3) is 3.98. The SMILES string of the molecule is Cc1cccc(C2(CNC(=O)CCc3c(C)nc4cc(C)nn4c3C)CCCC2)c1. The number of fused-ring (bicyclic) bond motifs is 1. The van der Waals surface area contributed by atoms with Gasteiger partial charge in [-0.1, -0.05) is 42.7 Å². The van der Waals surface area contributed by atoms with Gasteiger partial charge in [-0.2, -0.15) is 5.10 Å². The molecule has 0 aliphatic heterocycles. The third-order valence-corrected chi connectivity index (χ3v) is 6.70. The molecule has 1 amide bonds. The van der Waals surface area contributed by atoms with Crippen LogP contribution in [0.2, 0.25) is 0 Å². The molecule has 0 saturated heterocycles. The van der Waals surface area contributed by atoms with E-state index in [0.29, 0.717) is 12.8 Å². The van der Waals surface area contributed by atoms with Gasteiger partial charge in [0.2, 0.25) is 5.91 Å². The van der Waals surface area contributed by atoms with E-state index in [2.05, 4.69) is 53.5 Å². The number of amides is 1. The summed E-state index contributed by atoms with van der Waals surface area (Å²) in [5.74, 6) is 0.115. The summed E-state index contributed by atoms with van der Waals surface area (Å²) in [5.41, 5.74) is 7.75. The van der Waals surface area contributed by atoms with Crippen LogP contribution in [0.4, 0.5) is 0 Å². The molecule has 1 aliphatic rings. The van der Waals surface area contributed by atoms with Crippen LogP contribution in [0.1, 0.15) is 65.9 Å². The summed E-state index contributed by atoms with van der Waals surface area (Å²) < 4.78 is 1.89. The fourth-order valence-electron chi connectivity index (χ4n) is 4.99. The highest BCUT2D eigenvalue weighted by molar-refractivity contribution is 5.76. The molecule has 1 aliphatic carbocycles. The average molecular weight is 405 g/mol. The lowest BCUT2D eigenvalue weighted by Gasteiger charge is -2.30. The van der Waals surface area contributed by atoms with Gasteiger partial charge in [-0.3, -0.25) is 4.79 Å². The van der Waals surface area contributed by atoms with Crippen molar-refractivity contribution >= 4 is 11.6 Å². The summed E-state index contributed by atoms with van der Waals surface area (Å²) in [4.78, 5) is 17.4. The van der Waals surface area contributed by atoms with Gasteiger partial charge in [0.05, 0.1) is 5.69 Å². The summed E-state index contributed by atoms with van der Waals surface area (Å²) in [7, 11) is 0. The van der Waals surface area contributed by atoms with Crippen molar-refractivity contribution < 1.29 is 4.79 Å². The Bertz CT molecular complexity index is 1080. The van der Waals surface area contributed by atoms with Crippen molar-refractivity contribution in [3.63, 3.8) is 0 Å². The van der Waals surface area contributed by atoms with Crippen molar-refractivity contribution in [3.8, 4) is 0 Å². The van der Waals surface area contributed by atoms with Crippen LogP contribution >= 0.6 is 0 Å². The largest absolute Gasteiger partial charge is 0.355 e. The number of aryl methyl sites for hydroxylation is 4. The van der Waals surface area contributed by atoms with Crippen LogP contribution in [0.15, 0.2) is 30.3 Å². The molecule has 1 fully saturated rings.